The zero-order valence-electron chi connectivity index (χ0n) is 16.5. The molecule has 0 saturated carbocycles. The molecule has 0 aliphatic heterocycles. The molecule has 0 amide bonds. The molecular weight excluding hydrogens is 348 g/mol. The van der Waals surface area contributed by atoms with Crippen LogP contribution in [0.2, 0.25) is 0 Å². The van der Waals surface area contributed by atoms with E-state index >= 15 is 0 Å². The molecule has 0 rings (SSSR count). The smallest absolute Gasteiger partial charge is 0.322 e. The van der Waals surface area contributed by atoms with Gasteiger partial charge in [-0.1, -0.05) is 13.3 Å². The monoisotopic (exact) mass is 385 g/mol. The van der Waals surface area contributed by atoms with Gasteiger partial charge in [-0.2, -0.15) is 0 Å². The molecule has 0 aliphatic carbocycles. The molecule has 1 atom stereocenters. The highest BCUT2D eigenvalue weighted by Gasteiger charge is 2.26. The van der Waals surface area contributed by atoms with E-state index in [1.165, 1.54) is 14.2 Å². The minimum absolute atomic E-state index is 0.377. The van der Waals surface area contributed by atoms with Crippen molar-refractivity contribution >= 4 is 16.1 Å². The van der Waals surface area contributed by atoms with E-state index in [1.54, 1.807) is 0 Å². The zero-order valence-corrected chi connectivity index (χ0v) is 18.3. The molecule has 24 heavy (non-hydrogen) atoms. The topological polar surface area (TPSA) is 57.2 Å². The summed E-state index contributed by atoms with van der Waals surface area (Å²) in [6.07, 6.45) is 4.07. The third-order valence-corrected chi connectivity index (χ3v) is 7.57. The first kappa shape index (κ1) is 24.5. The second kappa shape index (κ2) is 13.6. The van der Waals surface area contributed by atoms with Crippen molar-refractivity contribution in [3.05, 3.63) is 0 Å². The zero-order chi connectivity index (χ0) is 18.6. The van der Waals surface area contributed by atoms with Crippen LogP contribution in [0.15, 0.2) is 0 Å². The maximum atomic E-state index is 11.9. The highest BCUT2D eigenvalue weighted by molar-refractivity contribution is 7.53. The summed E-state index contributed by atoms with van der Waals surface area (Å²) >= 11 is 0. The molecule has 0 spiro atoms. The minimum Gasteiger partial charge on any atom is -0.322 e. The maximum Gasteiger partial charge on any atom is 0.330 e. The predicted molar refractivity (Wildman–Crippen MR) is 102 cm³/mol. The Morgan fingerprint density at radius 1 is 0.917 bits per heavy atom. The molecule has 0 saturated heterocycles. The Hall–Kier alpha value is 0.460. The predicted octanol–water partition coefficient (Wildman–Crippen LogP) is 5.43. The van der Waals surface area contributed by atoms with Gasteiger partial charge in [-0.15, -0.1) is 0 Å². The van der Waals surface area contributed by atoms with Crippen molar-refractivity contribution in [3.8, 4) is 0 Å². The Labute approximate surface area is 150 Å². The van der Waals surface area contributed by atoms with Crippen LogP contribution in [0.1, 0.15) is 60.3 Å². The van der Waals surface area contributed by atoms with Crippen molar-refractivity contribution in [2.45, 2.75) is 72.4 Å². The third kappa shape index (κ3) is 9.82. The Balaban J connectivity index is 4.26. The van der Waals surface area contributed by atoms with Crippen LogP contribution in [-0.4, -0.2) is 50.3 Å². The average Bonchev–Trinajstić information content (AvgIpc) is 2.54. The lowest BCUT2D eigenvalue weighted by molar-refractivity contribution is 0.172. The van der Waals surface area contributed by atoms with Gasteiger partial charge in [-0.3, -0.25) is 4.57 Å². The van der Waals surface area contributed by atoms with Crippen LogP contribution in [0.4, 0.5) is 0 Å². The van der Waals surface area contributed by atoms with Gasteiger partial charge in [0.25, 0.3) is 8.53 Å². The minimum atomic E-state index is -2.88. The fraction of sp³-hybridized carbons (Fsp3) is 1.00. The lowest BCUT2D eigenvalue weighted by Gasteiger charge is -2.35. The van der Waals surface area contributed by atoms with Crippen LogP contribution in [0.5, 0.6) is 0 Å². The first-order chi connectivity index (χ1) is 11.3. The summed E-state index contributed by atoms with van der Waals surface area (Å²) in [6.45, 7) is 12.1. The number of nitrogens with zero attached hydrogens (tertiary/aromatic N) is 1. The van der Waals surface area contributed by atoms with Crippen molar-refractivity contribution in [2.24, 2.45) is 0 Å². The fourth-order valence-corrected chi connectivity index (χ4v) is 5.14. The number of hydrogen-bond acceptors (Lipinski definition) is 6. The van der Waals surface area contributed by atoms with Crippen molar-refractivity contribution in [2.75, 3.05) is 33.6 Å². The molecule has 1 unspecified atom stereocenters. The first-order valence-electron chi connectivity index (χ1n) is 8.86. The lowest BCUT2D eigenvalue weighted by atomic mass is 10.3. The summed E-state index contributed by atoms with van der Waals surface area (Å²) in [5.74, 6) is 0. The van der Waals surface area contributed by atoms with E-state index in [2.05, 4.69) is 39.3 Å². The Bertz CT molecular complexity index is 339. The van der Waals surface area contributed by atoms with Gasteiger partial charge >= 0.3 is 7.60 Å². The number of rotatable bonds is 15. The molecular formula is C16H37NO5P2. The van der Waals surface area contributed by atoms with Crippen LogP contribution in [0.25, 0.3) is 0 Å². The van der Waals surface area contributed by atoms with Gasteiger partial charge < -0.3 is 18.1 Å². The summed E-state index contributed by atoms with van der Waals surface area (Å²) in [5.41, 5.74) is 0. The number of hydrogen-bond donors (Lipinski definition) is 0. The SMILES string of the molecule is CCCOP(OCCCCCP(=O)(OC)OC)N(C(C)C)C(C)C. The van der Waals surface area contributed by atoms with E-state index in [1.807, 2.05) is 0 Å². The molecule has 146 valence electrons. The van der Waals surface area contributed by atoms with E-state index in [0.717, 1.165) is 25.7 Å². The molecule has 0 heterocycles. The van der Waals surface area contributed by atoms with Gasteiger partial charge in [0, 0.05) is 26.3 Å². The molecule has 0 N–H and O–H groups in total. The van der Waals surface area contributed by atoms with Crippen molar-refractivity contribution < 1.29 is 22.7 Å². The van der Waals surface area contributed by atoms with Gasteiger partial charge in [0.15, 0.2) is 0 Å². The quantitative estimate of drug-likeness (QED) is 0.277. The highest BCUT2D eigenvalue weighted by atomic mass is 31.2. The van der Waals surface area contributed by atoms with Gasteiger partial charge in [-0.25, -0.2) is 4.67 Å². The van der Waals surface area contributed by atoms with E-state index in [4.69, 9.17) is 18.1 Å². The second-order valence-electron chi connectivity index (χ2n) is 6.23. The molecule has 0 aromatic rings. The molecule has 0 aromatic carbocycles. The largest absolute Gasteiger partial charge is 0.330 e. The summed E-state index contributed by atoms with van der Waals surface area (Å²) in [7, 11) is -1.05. The van der Waals surface area contributed by atoms with Crippen LogP contribution < -0.4 is 0 Å². The van der Waals surface area contributed by atoms with Crippen LogP contribution >= 0.6 is 16.1 Å². The van der Waals surface area contributed by atoms with E-state index < -0.39 is 16.1 Å². The third-order valence-electron chi connectivity index (χ3n) is 3.49. The van der Waals surface area contributed by atoms with Crippen molar-refractivity contribution in [1.29, 1.82) is 0 Å². The summed E-state index contributed by atoms with van der Waals surface area (Å²) in [6, 6.07) is 0.754. The molecule has 8 heteroatoms. The molecule has 0 aromatic heterocycles. The van der Waals surface area contributed by atoms with E-state index in [-0.39, 0.29) is 0 Å². The molecule has 6 nitrogen and oxygen atoms in total. The molecule has 0 radical (unpaired) electrons. The lowest BCUT2D eigenvalue weighted by Crippen LogP contribution is -2.33. The normalized spacial score (nSPS) is 14.1. The van der Waals surface area contributed by atoms with Crippen LogP contribution in [0.3, 0.4) is 0 Å². The summed E-state index contributed by atoms with van der Waals surface area (Å²) < 4.78 is 36.1. The summed E-state index contributed by atoms with van der Waals surface area (Å²) in [5, 5.41) is 0. The first-order valence-corrected chi connectivity index (χ1v) is 11.7. The van der Waals surface area contributed by atoms with Crippen LogP contribution in [0, 0.1) is 0 Å². The number of unbranched alkanes of at least 4 members (excludes halogenated alkanes) is 2. The molecule has 0 bridgehead atoms. The van der Waals surface area contributed by atoms with Gasteiger partial charge in [0.1, 0.15) is 0 Å². The molecule has 0 fully saturated rings. The van der Waals surface area contributed by atoms with Gasteiger partial charge in [-0.05, 0) is 47.0 Å². The second-order valence-corrected chi connectivity index (χ2v) is 10.1. The van der Waals surface area contributed by atoms with Gasteiger partial charge in [0.2, 0.25) is 0 Å². The maximum absolute atomic E-state index is 11.9. The van der Waals surface area contributed by atoms with Crippen molar-refractivity contribution in [1.82, 2.24) is 4.67 Å². The van der Waals surface area contributed by atoms with E-state index in [0.29, 0.717) is 31.5 Å². The Morgan fingerprint density at radius 2 is 1.46 bits per heavy atom. The fourth-order valence-electron chi connectivity index (χ4n) is 2.30. The van der Waals surface area contributed by atoms with Crippen LogP contribution in [-0.2, 0) is 22.7 Å². The Morgan fingerprint density at radius 3 is 1.92 bits per heavy atom. The standard InChI is InChI=1S/C16H37NO5P2/c1-8-12-21-23(17(15(2)3)16(4)5)22-13-10-9-11-14-24(18,19-6)20-7/h15-16H,8-14H2,1-7H3. The van der Waals surface area contributed by atoms with Gasteiger partial charge in [0.05, 0.1) is 19.4 Å². The van der Waals surface area contributed by atoms with E-state index in [9.17, 15) is 4.57 Å². The summed E-state index contributed by atoms with van der Waals surface area (Å²) in [4.78, 5) is 0. The average molecular weight is 385 g/mol. The molecule has 0 aliphatic rings. The highest BCUT2D eigenvalue weighted by Crippen LogP contribution is 2.48. The Kier molecular flexibility index (Phi) is 13.9. The van der Waals surface area contributed by atoms with Crippen molar-refractivity contribution in [3.63, 3.8) is 0 Å².